The Balaban J connectivity index is 1.97. The fourth-order valence-corrected chi connectivity index (χ4v) is 8.35. The second kappa shape index (κ2) is 25.1. The first kappa shape index (κ1) is 35.1. The first-order valence-corrected chi connectivity index (χ1v) is 19.8. The van der Waals surface area contributed by atoms with Gasteiger partial charge in [0.05, 0.1) is 0 Å². The van der Waals surface area contributed by atoms with Crippen molar-refractivity contribution in [2.75, 3.05) is 18.9 Å². The van der Waals surface area contributed by atoms with Gasteiger partial charge in [0.15, 0.2) is 5.12 Å². The third-order valence-corrected chi connectivity index (χ3v) is 11.5. The lowest BCUT2D eigenvalue weighted by atomic mass is 9.97. The van der Waals surface area contributed by atoms with Crippen molar-refractivity contribution in [2.24, 2.45) is 5.92 Å². The summed E-state index contributed by atoms with van der Waals surface area (Å²) in [5, 5.41) is 0.358. The summed E-state index contributed by atoms with van der Waals surface area (Å²) in [7, 11) is -2.17. The summed E-state index contributed by atoms with van der Waals surface area (Å²) in [6, 6.07) is 0.959. The fourth-order valence-electron chi connectivity index (χ4n) is 5.23. The van der Waals surface area contributed by atoms with E-state index in [1.807, 2.05) is 0 Å². The zero-order valence-electron chi connectivity index (χ0n) is 25.1. The molecular weight excluding hydrogens is 494 g/mol. The standard InChI is InChI=1S/C31H63NO3SSi/c1-4-6-8-10-11-12-13-14-15-16-17-19-20-23-30-25-26-34-37(3,35-32-29-30)28-22-27-36-31(33)24-21-18-9-7-5-2/h30,32H,4-29H2,1-3H3. The van der Waals surface area contributed by atoms with Crippen LogP contribution >= 0.6 is 11.8 Å². The molecule has 0 saturated carbocycles. The molecule has 0 aromatic carbocycles. The molecule has 1 saturated heterocycles. The molecule has 4 nitrogen and oxygen atoms in total. The molecule has 0 aromatic heterocycles. The van der Waals surface area contributed by atoms with Crippen molar-refractivity contribution in [2.45, 2.75) is 168 Å². The minimum absolute atomic E-state index is 0.358. The molecule has 1 rings (SSSR count). The highest BCUT2D eigenvalue weighted by Crippen LogP contribution is 2.23. The third kappa shape index (κ3) is 21.6. The van der Waals surface area contributed by atoms with Crippen LogP contribution in [0, 0.1) is 5.92 Å². The lowest BCUT2D eigenvalue weighted by Crippen LogP contribution is -2.47. The maximum Gasteiger partial charge on any atom is 0.355 e. The molecular formula is C31H63NO3SSi. The lowest BCUT2D eigenvalue weighted by molar-refractivity contribution is -0.111. The van der Waals surface area contributed by atoms with Crippen molar-refractivity contribution < 1.29 is 13.7 Å². The zero-order chi connectivity index (χ0) is 26.9. The van der Waals surface area contributed by atoms with E-state index in [0.29, 0.717) is 11.0 Å². The molecule has 0 spiro atoms. The van der Waals surface area contributed by atoms with Crippen LogP contribution in [-0.4, -0.2) is 32.6 Å². The maximum absolute atomic E-state index is 12.1. The number of carbonyl (C=O) groups is 1. The summed E-state index contributed by atoms with van der Waals surface area (Å²) in [6.07, 6.45) is 28.6. The Morgan fingerprint density at radius 2 is 1.32 bits per heavy atom. The van der Waals surface area contributed by atoms with Crippen molar-refractivity contribution in [3.05, 3.63) is 0 Å². The van der Waals surface area contributed by atoms with Crippen molar-refractivity contribution in [3.8, 4) is 0 Å². The summed E-state index contributed by atoms with van der Waals surface area (Å²) >= 11 is 1.51. The first-order valence-electron chi connectivity index (χ1n) is 16.3. The quantitative estimate of drug-likeness (QED) is 0.0944. The van der Waals surface area contributed by atoms with Gasteiger partial charge in [-0.25, -0.2) is 5.48 Å². The highest BCUT2D eigenvalue weighted by molar-refractivity contribution is 8.13. The van der Waals surface area contributed by atoms with Gasteiger partial charge in [-0.1, -0.05) is 135 Å². The van der Waals surface area contributed by atoms with E-state index in [2.05, 4.69) is 25.9 Å². The molecule has 0 aliphatic carbocycles. The molecule has 1 aliphatic heterocycles. The molecule has 0 amide bonds. The van der Waals surface area contributed by atoms with E-state index < -0.39 is 8.56 Å². The smallest absolute Gasteiger partial charge is 0.355 e. The summed E-state index contributed by atoms with van der Waals surface area (Å²) in [4.78, 5) is 12.1. The van der Waals surface area contributed by atoms with Crippen molar-refractivity contribution in [1.29, 1.82) is 0 Å². The SMILES string of the molecule is CCCCCCCCCCCCCCCC1CCO[Si](C)(CCCSC(=O)CCCCCCC)ONC1. The van der Waals surface area contributed by atoms with E-state index in [0.717, 1.165) is 50.6 Å². The molecule has 0 bridgehead atoms. The highest BCUT2D eigenvalue weighted by atomic mass is 32.2. The number of unbranched alkanes of at least 4 members (excludes halogenated alkanes) is 16. The Kier molecular flexibility index (Phi) is 23.8. The lowest BCUT2D eigenvalue weighted by Gasteiger charge is -2.31. The Morgan fingerprint density at radius 1 is 0.784 bits per heavy atom. The fraction of sp³-hybridized carbons (Fsp3) is 0.968. The molecule has 6 heteroatoms. The minimum Gasteiger partial charge on any atom is -0.394 e. The van der Waals surface area contributed by atoms with Gasteiger partial charge in [0.1, 0.15) is 0 Å². The van der Waals surface area contributed by atoms with Crippen LogP contribution < -0.4 is 5.48 Å². The molecule has 2 unspecified atom stereocenters. The average molecular weight is 558 g/mol. The summed E-state index contributed by atoms with van der Waals surface area (Å²) in [6.45, 7) is 8.48. The van der Waals surface area contributed by atoms with Gasteiger partial charge in [-0.2, -0.15) is 0 Å². The monoisotopic (exact) mass is 557 g/mol. The number of hydrogen-bond donors (Lipinski definition) is 1. The van der Waals surface area contributed by atoms with Crippen LogP contribution in [0.1, 0.15) is 155 Å². The summed E-state index contributed by atoms with van der Waals surface area (Å²) in [5.74, 6) is 1.56. The molecule has 1 aliphatic rings. The highest BCUT2D eigenvalue weighted by Gasteiger charge is 2.33. The van der Waals surface area contributed by atoms with Gasteiger partial charge in [0, 0.05) is 25.3 Å². The molecule has 37 heavy (non-hydrogen) atoms. The van der Waals surface area contributed by atoms with Crippen molar-refractivity contribution >= 4 is 25.4 Å². The van der Waals surface area contributed by atoms with E-state index in [1.165, 1.54) is 127 Å². The van der Waals surface area contributed by atoms with E-state index in [9.17, 15) is 4.79 Å². The number of nitrogens with one attached hydrogen (secondary N) is 1. The van der Waals surface area contributed by atoms with Gasteiger partial charge in [-0.3, -0.25) is 4.79 Å². The Bertz CT molecular complexity index is 513. The summed E-state index contributed by atoms with van der Waals surface area (Å²) in [5.41, 5.74) is 3.28. The van der Waals surface area contributed by atoms with Crippen molar-refractivity contribution in [3.63, 3.8) is 0 Å². The van der Waals surface area contributed by atoms with Gasteiger partial charge < -0.3 is 8.95 Å². The predicted molar refractivity (Wildman–Crippen MR) is 165 cm³/mol. The van der Waals surface area contributed by atoms with Crippen LogP contribution in [0.2, 0.25) is 12.6 Å². The van der Waals surface area contributed by atoms with Gasteiger partial charge >= 0.3 is 8.56 Å². The normalized spacial score (nSPS) is 20.6. The molecule has 0 aromatic rings. The van der Waals surface area contributed by atoms with E-state index in [1.54, 1.807) is 0 Å². The molecule has 1 heterocycles. The van der Waals surface area contributed by atoms with E-state index in [-0.39, 0.29) is 0 Å². The maximum atomic E-state index is 12.1. The zero-order valence-corrected chi connectivity index (χ0v) is 26.9. The predicted octanol–water partition coefficient (Wildman–Crippen LogP) is 10.1. The van der Waals surface area contributed by atoms with Crippen molar-refractivity contribution in [1.82, 2.24) is 5.48 Å². The largest absolute Gasteiger partial charge is 0.394 e. The van der Waals surface area contributed by atoms with Gasteiger partial charge in [-0.05, 0) is 44.2 Å². The van der Waals surface area contributed by atoms with Crippen LogP contribution in [0.4, 0.5) is 0 Å². The van der Waals surface area contributed by atoms with Crippen LogP contribution in [-0.2, 0) is 13.7 Å². The molecule has 0 radical (unpaired) electrons. The molecule has 1 fully saturated rings. The van der Waals surface area contributed by atoms with Gasteiger partial charge in [0.2, 0.25) is 0 Å². The molecule has 1 N–H and O–H groups in total. The second-order valence-corrected chi connectivity index (χ2v) is 16.0. The number of hydroxylamine groups is 1. The third-order valence-electron chi connectivity index (χ3n) is 7.83. The number of rotatable bonds is 24. The topological polar surface area (TPSA) is 47.6 Å². The second-order valence-electron chi connectivity index (χ2n) is 11.6. The van der Waals surface area contributed by atoms with Crippen LogP contribution in [0.15, 0.2) is 0 Å². The molecule has 2 atom stereocenters. The Morgan fingerprint density at radius 3 is 1.92 bits per heavy atom. The van der Waals surface area contributed by atoms with Gasteiger partial charge in [0.25, 0.3) is 0 Å². The Hall–Kier alpha value is 0.117. The van der Waals surface area contributed by atoms with E-state index in [4.69, 9.17) is 8.95 Å². The first-order chi connectivity index (χ1) is 18.1. The molecule has 220 valence electrons. The van der Waals surface area contributed by atoms with Crippen LogP contribution in [0.25, 0.3) is 0 Å². The van der Waals surface area contributed by atoms with Crippen LogP contribution in [0.3, 0.4) is 0 Å². The van der Waals surface area contributed by atoms with Crippen LogP contribution in [0.5, 0.6) is 0 Å². The van der Waals surface area contributed by atoms with E-state index >= 15 is 0 Å². The number of thioether (sulfide) groups is 1. The number of carbonyl (C=O) groups excluding carboxylic acids is 1. The number of hydrogen-bond acceptors (Lipinski definition) is 5. The average Bonchev–Trinajstić information content (AvgIpc) is 2.87. The minimum atomic E-state index is -2.17. The van der Waals surface area contributed by atoms with Gasteiger partial charge in [-0.15, -0.1) is 0 Å². The summed E-state index contributed by atoms with van der Waals surface area (Å²) < 4.78 is 12.4. The Labute approximate surface area is 236 Å².